The van der Waals surface area contributed by atoms with Crippen molar-refractivity contribution in [3.05, 3.63) is 35.9 Å². The summed E-state index contributed by atoms with van der Waals surface area (Å²) in [6.07, 6.45) is -0.666. The summed E-state index contributed by atoms with van der Waals surface area (Å²) in [5.74, 6) is -0.988. The molecule has 0 unspecified atom stereocenters. The summed E-state index contributed by atoms with van der Waals surface area (Å²) in [5.41, 5.74) is 0.848. The van der Waals surface area contributed by atoms with Crippen molar-refractivity contribution in [2.24, 2.45) is 0 Å². The van der Waals surface area contributed by atoms with E-state index >= 15 is 0 Å². The van der Waals surface area contributed by atoms with Gasteiger partial charge in [0.1, 0.15) is 6.61 Å². The van der Waals surface area contributed by atoms with Crippen LogP contribution in [0.15, 0.2) is 30.3 Å². The van der Waals surface area contributed by atoms with Crippen LogP contribution in [0.25, 0.3) is 0 Å². The van der Waals surface area contributed by atoms with Crippen molar-refractivity contribution in [1.29, 1.82) is 0 Å². The number of carbonyl (C=O) groups excluding carboxylic acids is 2. The normalized spacial score (nSPS) is 10.3. The fraction of sp³-hybridized carbons (Fsp3) is 0.385. The fourth-order valence-electron chi connectivity index (χ4n) is 1.46. The molecule has 23 heavy (non-hydrogen) atoms. The molecule has 1 rings (SSSR count). The average Bonchev–Trinajstić information content (AvgIpc) is 2.45. The molecule has 0 atom stereocenters. The molecule has 0 aromatic heterocycles. The molecule has 0 fully saturated rings. The van der Waals surface area contributed by atoms with E-state index in [4.69, 9.17) is 9.29 Å². The molecule has 0 bridgehead atoms. The van der Waals surface area contributed by atoms with Crippen LogP contribution in [-0.2, 0) is 45.7 Å². The molecule has 0 radical (unpaired) electrons. The molecule has 10 heteroatoms. The molecule has 2 amide bonds. The number of rotatable bonds is 8. The molecular weight excluding hydrogens is 378 g/mol. The Kier molecular flexibility index (Phi) is 10.4. The van der Waals surface area contributed by atoms with Gasteiger partial charge >= 0.3 is 25.6 Å². The first-order valence-corrected chi connectivity index (χ1v) is 8.14. The molecule has 1 aromatic carbocycles. The zero-order chi connectivity index (χ0) is 16.4. The minimum absolute atomic E-state index is 0. The Balaban J connectivity index is 0.00000484. The van der Waals surface area contributed by atoms with Gasteiger partial charge in [-0.25, -0.2) is 4.79 Å². The summed E-state index contributed by atoms with van der Waals surface area (Å²) >= 11 is 0. The molecule has 1 aromatic rings. The summed E-state index contributed by atoms with van der Waals surface area (Å²) < 4.78 is 34.3. The quantitative estimate of drug-likeness (QED) is 0.430. The molecule has 0 aliphatic rings. The Bertz CT molecular complexity index is 594. The van der Waals surface area contributed by atoms with Gasteiger partial charge in [0.15, 0.2) is 0 Å². The Morgan fingerprint density at radius 2 is 1.74 bits per heavy atom. The van der Waals surface area contributed by atoms with Crippen LogP contribution < -0.4 is 10.6 Å². The van der Waals surface area contributed by atoms with Crippen LogP contribution >= 0.6 is 0 Å². The van der Waals surface area contributed by atoms with Crippen LogP contribution in [0.2, 0.25) is 0 Å². The van der Waals surface area contributed by atoms with Gasteiger partial charge in [-0.05, 0) is 5.56 Å². The van der Waals surface area contributed by atoms with E-state index in [0.29, 0.717) is 0 Å². The standard InChI is InChI=1S/C13H18N2O6S.Zn/c16-12(14-8-9-22(18,19)20)6-7-15-13(17)21-10-11-4-2-1-3-5-11;/h1-5H,6-10H2,(H,14,16)(H,15,17)(H,18,19,20);/q;+2. The Morgan fingerprint density at radius 1 is 1.09 bits per heavy atom. The first-order chi connectivity index (χ1) is 10.4. The van der Waals surface area contributed by atoms with E-state index in [2.05, 4.69) is 10.6 Å². The second kappa shape index (κ2) is 11.1. The molecule has 122 valence electrons. The largest absolute Gasteiger partial charge is 2.00 e. The molecule has 3 N–H and O–H groups in total. The van der Waals surface area contributed by atoms with Crippen molar-refractivity contribution in [1.82, 2.24) is 10.6 Å². The third-order valence-electron chi connectivity index (χ3n) is 2.52. The van der Waals surface area contributed by atoms with Crippen LogP contribution in [0.5, 0.6) is 0 Å². The van der Waals surface area contributed by atoms with Gasteiger partial charge in [-0.15, -0.1) is 0 Å². The predicted molar refractivity (Wildman–Crippen MR) is 78.7 cm³/mol. The van der Waals surface area contributed by atoms with Gasteiger partial charge in [-0.2, -0.15) is 8.42 Å². The first-order valence-electron chi connectivity index (χ1n) is 6.53. The molecule has 0 aliphatic heterocycles. The van der Waals surface area contributed by atoms with Crippen LogP contribution in [0, 0.1) is 0 Å². The van der Waals surface area contributed by atoms with Crippen LogP contribution in [-0.4, -0.2) is 43.8 Å². The summed E-state index contributed by atoms with van der Waals surface area (Å²) in [7, 11) is -4.09. The van der Waals surface area contributed by atoms with E-state index < -0.39 is 27.9 Å². The number of ether oxygens (including phenoxy) is 1. The summed E-state index contributed by atoms with van der Waals surface area (Å²) in [6, 6.07) is 9.14. The SMILES string of the molecule is O=C(CCNC(=O)OCc1ccccc1)NCCS(=O)(=O)O.[Zn+2]. The van der Waals surface area contributed by atoms with Crippen LogP contribution in [0.3, 0.4) is 0 Å². The van der Waals surface area contributed by atoms with Gasteiger partial charge in [0.2, 0.25) is 5.91 Å². The van der Waals surface area contributed by atoms with Gasteiger partial charge in [-0.3, -0.25) is 9.35 Å². The number of alkyl carbamates (subject to hydrolysis) is 1. The molecule has 0 saturated carbocycles. The number of hydrogen-bond acceptors (Lipinski definition) is 5. The number of hydrogen-bond donors (Lipinski definition) is 3. The van der Waals surface area contributed by atoms with Gasteiger partial charge in [0, 0.05) is 19.5 Å². The molecule has 0 aliphatic carbocycles. The molecule has 8 nitrogen and oxygen atoms in total. The van der Waals surface area contributed by atoms with Crippen LogP contribution in [0.4, 0.5) is 4.79 Å². The second-order valence-corrected chi connectivity index (χ2v) is 5.95. The molecular formula is C13H18N2O6SZn+2. The second-order valence-electron chi connectivity index (χ2n) is 4.37. The predicted octanol–water partition coefficient (Wildman–Crippen LogP) is 0.304. The summed E-state index contributed by atoms with van der Waals surface area (Å²) in [5, 5.41) is 4.70. The average molecular weight is 396 g/mol. The minimum atomic E-state index is -4.09. The van der Waals surface area contributed by atoms with E-state index in [1.54, 1.807) is 0 Å². The van der Waals surface area contributed by atoms with Crippen LogP contribution in [0.1, 0.15) is 12.0 Å². The van der Waals surface area contributed by atoms with Gasteiger partial charge in [-0.1, -0.05) is 30.3 Å². The Labute approximate surface area is 147 Å². The smallest absolute Gasteiger partial charge is 0.445 e. The van der Waals surface area contributed by atoms with Crippen molar-refractivity contribution in [2.75, 3.05) is 18.8 Å². The van der Waals surface area contributed by atoms with E-state index in [1.807, 2.05) is 30.3 Å². The third kappa shape index (κ3) is 11.7. The number of amides is 2. The van der Waals surface area contributed by atoms with Crippen molar-refractivity contribution in [3.8, 4) is 0 Å². The maximum atomic E-state index is 11.4. The monoisotopic (exact) mass is 394 g/mol. The van der Waals surface area contributed by atoms with Crippen molar-refractivity contribution >= 4 is 22.1 Å². The Morgan fingerprint density at radius 3 is 2.35 bits per heavy atom. The van der Waals surface area contributed by atoms with Gasteiger partial charge in [0.25, 0.3) is 10.1 Å². The summed E-state index contributed by atoms with van der Waals surface area (Å²) in [6.45, 7) is 0.00861. The van der Waals surface area contributed by atoms with Crippen molar-refractivity contribution < 1.29 is 46.8 Å². The van der Waals surface area contributed by atoms with E-state index in [1.165, 1.54) is 0 Å². The number of benzene rings is 1. The van der Waals surface area contributed by atoms with E-state index in [9.17, 15) is 18.0 Å². The van der Waals surface area contributed by atoms with Crippen molar-refractivity contribution in [3.63, 3.8) is 0 Å². The first kappa shape index (κ1) is 21.5. The topological polar surface area (TPSA) is 122 Å². The molecule has 0 saturated heterocycles. The van der Waals surface area contributed by atoms with E-state index in [0.717, 1.165) is 5.56 Å². The number of carbonyl (C=O) groups is 2. The van der Waals surface area contributed by atoms with Crippen molar-refractivity contribution in [2.45, 2.75) is 13.0 Å². The maximum absolute atomic E-state index is 11.4. The minimum Gasteiger partial charge on any atom is -0.445 e. The fourth-order valence-corrected chi connectivity index (χ4v) is 1.82. The van der Waals surface area contributed by atoms with E-state index in [-0.39, 0.29) is 45.6 Å². The zero-order valence-electron chi connectivity index (χ0n) is 12.5. The Hall–Kier alpha value is -1.51. The zero-order valence-corrected chi connectivity index (χ0v) is 16.3. The molecule has 0 heterocycles. The van der Waals surface area contributed by atoms with Gasteiger partial charge < -0.3 is 15.4 Å². The maximum Gasteiger partial charge on any atom is 2.00 e. The third-order valence-corrected chi connectivity index (χ3v) is 3.24. The number of nitrogens with one attached hydrogen (secondary N) is 2. The molecule has 0 spiro atoms. The summed E-state index contributed by atoms with van der Waals surface area (Å²) in [4.78, 5) is 22.7. The van der Waals surface area contributed by atoms with Gasteiger partial charge in [0.05, 0.1) is 5.75 Å².